The molecule has 1 saturated heterocycles. The lowest BCUT2D eigenvalue weighted by Crippen LogP contribution is -2.20. The normalized spacial score (nSPS) is 29.6. The zero-order valence-corrected chi connectivity index (χ0v) is 5.75. The van der Waals surface area contributed by atoms with Crippen molar-refractivity contribution in [1.82, 2.24) is 0 Å². The van der Waals surface area contributed by atoms with Crippen LogP contribution in [0.25, 0.3) is 0 Å². The summed E-state index contributed by atoms with van der Waals surface area (Å²) in [7, 11) is 2.63. The average molecular weight is 132 g/mol. The highest BCUT2D eigenvalue weighted by Crippen LogP contribution is 2.15. The van der Waals surface area contributed by atoms with E-state index in [0.29, 0.717) is 18.7 Å². The minimum Gasteiger partial charge on any atom is -0.466 e. The molecule has 0 bridgehead atoms. The third-order valence-corrected chi connectivity index (χ3v) is 1.75. The molecular formula is C5H9O2P. The maximum Gasteiger partial charge on any atom is 0.306 e. The molecule has 0 amide bonds. The van der Waals surface area contributed by atoms with Crippen molar-refractivity contribution >= 4 is 15.2 Å². The maximum atomic E-state index is 10.4. The molecule has 0 spiro atoms. The van der Waals surface area contributed by atoms with Crippen LogP contribution in [0.1, 0.15) is 12.8 Å². The molecule has 2 nitrogen and oxygen atoms in total. The average Bonchev–Trinajstić information content (AvgIpc) is 1.64. The SMILES string of the molecule is O=C1CC(P)CCO1. The fourth-order valence-electron chi connectivity index (χ4n) is 0.699. The summed E-state index contributed by atoms with van der Waals surface area (Å²) in [5.74, 6) is -0.0590. The highest BCUT2D eigenvalue weighted by molar-refractivity contribution is 7.17. The van der Waals surface area contributed by atoms with Crippen molar-refractivity contribution in [2.45, 2.75) is 18.5 Å². The predicted molar refractivity (Wildman–Crippen MR) is 33.7 cm³/mol. The molecule has 3 heteroatoms. The van der Waals surface area contributed by atoms with Crippen LogP contribution in [0.2, 0.25) is 0 Å². The number of carbonyl (C=O) groups excluding carboxylic acids is 1. The van der Waals surface area contributed by atoms with Crippen LogP contribution in [0.15, 0.2) is 0 Å². The zero-order chi connectivity index (χ0) is 5.98. The van der Waals surface area contributed by atoms with Crippen LogP contribution < -0.4 is 0 Å². The Kier molecular flexibility index (Phi) is 1.85. The number of hydrogen-bond donors (Lipinski definition) is 0. The molecule has 0 N–H and O–H groups in total. The van der Waals surface area contributed by atoms with E-state index in [-0.39, 0.29) is 5.97 Å². The van der Waals surface area contributed by atoms with E-state index in [4.69, 9.17) is 4.74 Å². The van der Waals surface area contributed by atoms with Gasteiger partial charge in [0.05, 0.1) is 13.0 Å². The van der Waals surface area contributed by atoms with Gasteiger partial charge in [-0.25, -0.2) is 0 Å². The van der Waals surface area contributed by atoms with E-state index < -0.39 is 0 Å². The van der Waals surface area contributed by atoms with Crippen LogP contribution >= 0.6 is 9.24 Å². The van der Waals surface area contributed by atoms with Crippen molar-refractivity contribution in [3.63, 3.8) is 0 Å². The third-order valence-electron chi connectivity index (χ3n) is 1.18. The zero-order valence-electron chi connectivity index (χ0n) is 4.59. The van der Waals surface area contributed by atoms with Crippen LogP contribution in [-0.2, 0) is 9.53 Å². The van der Waals surface area contributed by atoms with Crippen molar-refractivity contribution in [3.05, 3.63) is 0 Å². The van der Waals surface area contributed by atoms with Crippen LogP contribution in [0, 0.1) is 0 Å². The Morgan fingerprint density at radius 1 is 1.75 bits per heavy atom. The molecule has 0 saturated carbocycles. The molecule has 1 heterocycles. The predicted octanol–water partition coefficient (Wildman–Crippen LogP) is 0.567. The van der Waals surface area contributed by atoms with Crippen molar-refractivity contribution in [2.24, 2.45) is 0 Å². The molecule has 0 aromatic heterocycles. The van der Waals surface area contributed by atoms with E-state index in [9.17, 15) is 4.79 Å². The summed E-state index contributed by atoms with van der Waals surface area (Å²) in [5, 5.41) is 0. The van der Waals surface area contributed by atoms with E-state index in [1.807, 2.05) is 0 Å². The Bertz CT molecular complexity index is 103. The van der Waals surface area contributed by atoms with Gasteiger partial charge in [-0.15, -0.1) is 9.24 Å². The molecule has 8 heavy (non-hydrogen) atoms. The Balaban J connectivity index is 2.34. The second kappa shape index (κ2) is 2.45. The van der Waals surface area contributed by atoms with Gasteiger partial charge < -0.3 is 4.74 Å². The minimum atomic E-state index is -0.0590. The third kappa shape index (κ3) is 1.45. The number of cyclic esters (lactones) is 1. The first-order valence-electron chi connectivity index (χ1n) is 2.70. The lowest BCUT2D eigenvalue weighted by atomic mass is 10.2. The van der Waals surface area contributed by atoms with Gasteiger partial charge in [0, 0.05) is 0 Å². The van der Waals surface area contributed by atoms with Crippen molar-refractivity contribution in [1.29, 1.82) is 0 Å². The van der Waals surface area contributed by atoms with Gasteiger partial charge in [0.1, 0.15) is 0 Å². The molecule has 2 unspecified atom stereocenters. The van der Waals surface area contributed by atoms with E-state index in [1.54, 1.807) is 0 Å². The molecule has 46 valence electrons. The molecule has 1 aliphatic heterocycles. The van der Waals surface area contributed by atoms with Crippen LogP contribution in [-0.4, -0.2) is 18.2 Å². The van der Waals surface area contributed by atoms with Crippen LogP contribution in [0.4, 0.5) is 0 Å². The Hall–Kier alpha value is -0.100. The smallest absolute Gasteiger partial charge is 0.306 e. The molecule has 1 rings (SSSR count). The topological polar surface area (TPSA) is 26.3 Å². The second-order valence-electron chi connectivity index (χ2n) is 1.97. The van der Waals surface area contributed by atoms with Gasteiger partial charge in [-0.2, -0.15) is 0 Å². The van der Waals surface area contributed by atoms with Crippen LogP contribution in [0.3, 0.4) is 0 Å². The first-order valence-corrected chi connectivity index (χ1v) is 3.37. The summed E-state index contributed by atoms with van der Waals surface area (Å²) in [4.78, 5) is 10.4. The highest BCUT2D eigenvalue weighted by Gasteiger charge is 2.15. The highest BCUT2D eigenvalue weighted by atomic mass is 31.0. The molecule has 0 radical (unpaired) electrons. The summed E-state index contributed by atoms with van der Waals surface area (Å²) in [6, 6.07) is 0. The summed E-state index contributed by atoms with van der Waals surface area (Å²) in [6.45, 7) is 0.604. The van der Waals surface area contributed by atoms with Gasteiger partial charge in [-0.3, -0.25) is 4.79 Å². The summed E-state index contributed by atoms with van der Waals surface area (Å²) >= 11 is 0. The summed E-state index contributed by atoms with van der Waals surface area (Å²) < 4.78 is 4.70. The standard InChI is InChI=1S/C5H9O2P/c6-5-3-4(8)1-2-7-5/h4H,1-3,8H2. The Morgan fingerprint density at radius 2 is 2.50 bits per heavy atom. The van der Waals surface area contributed by atoms with Crippen LogP contribution in [0.5, 0.6) is 0 Å². The summed E-state index contributed by atoms with van der Waals surface area (Å²) in [6.07, 6.45) is 1.57. The largest absolute Gasteiger partial charge is 0.466 e. The first kappa shape index (κ1) is 6.03. The van der Waals surface area contributed by atoms with E-state index in [0.717, 1.165) is 6.42 Å². The minimum absolute atomic E-state index is 0.0590. The molecule has 0 aromatic rings. The fourth-order valence-corrected chi connectivity index (χ4v) is 1.03. The van der Waals surface area contributed by atoms with Crippen molar-refractivity contribution in [2.75, 3.05) is 6.61 Å². The number of hydrogen-bond acceptors (Lipinski definition) is 2. The second-order valence-corrected chi connectivity index (χ2v) is 2.92. The number of ether oxygens (including phenoxy) is 1. The Labute approximate surface area is 50.8 Å². The fraction of sp³-hybridized carbons (Fsp3) is 0.800. The first-order chi connectivity index (χ1) is 3.79. The molecular weight excluding hydrogens is 123 g/mol. The molecule has 1 fully saturated rings. The van der Waals surface area contributed by atoms with E-state index in [2.05, 4.69) is 9.24 Å². The van der Waals surface area contributed by atoms with Gasteiger partial charge in [0.15, 0.2) is 0 Å². The number of esters is 1. The molecule has 0 aliphatic carbocycles. The van der Waals surface area contributed by atoms with Gasteiger partial charge in [-0.05, 0) is 12.1 Å². The lowest BCUT2D eigenvalue weighted by Gasteiger charge is -2.15. The molecule has 1 aliphatic rings. The van der Waals surface area contributed by atoms with Gasteiger partial charge in [-0.1, -0.05) is 0 Å². The Morgan fingerprint density at radius 3 is 2.88 bits per heavy atom. The van der Waals surface area contributed by atoms with Gasteiger partial charge in [0.25, 0.3) is 0 Å². The van der Waals surface area contributed by atoms with Crippen molar-refractivity contribution < 1.29 is 9.53 Å². The van der Waals surface area contributed by atoms with E-state index >= 15 is 0 Å². The molecule has 2 atom stereocenters. The van der Waals surface area contributed by atoms with Gasteiger partial charge >= 0.3 is 5.97 Å². The molecule has 0 aromatic carbocycles. The number of rotatable bonds is 0. The quantitative estimate of drug-likeness (QED) is 0.355. The maximum absolute atomic E-state index is 10.4. The van der Waals surface area contributed by atoms with Crippen molar-refractivity contribution in [3.8, 4) is 0 Å². The summed E-state index contributed by atoms with van der Waals surface area (Å²) in [5.41, 5.74) is 0.455. The van der Waals surface area contributed by atoms with Gasteiger partial charge in [0.2, 0.25) is 0 Å². The number of carbonyl (C=O) groups is 1. The lowest BCUT2D eigenvalue weighted by molar-refractivity contribution is -0.146. The van der Waals surface area contributed by atoms with E-state index in [1.165, 1.54) is 0 Å². The monoisotopic (exact) mass is 132 g/mol.